The molecule has 0 amide bonds. The van der Waals surface area contributed by atoms with Crippen LogP contribution in [0.5, 0.6) is 11.5 Å². The molecule has 0 N–H and O–H groups in total. The van der Waals surface area contributed by atoms with E-state index in [1.54, 1.807) is 19.9 Å². The number of benzene rings is 1. The van der Waals surface area contributed by atoms with Gasteiger partial charge in [0.1, 0.15) is 18.8 Å². The van der Waals surface area contributed by atoms with Crippen molar-refractivity contribution in [2.24, 2.45) is 0 Å². The molecule has 1 heterocycles. The third-order valence-electron chi connectivity index (χ3n) is 3.23. The van der Waals surface area contributed by atoms with E-state index in [0.717, 1.165) is 4.31 Å². The average Bonchev–Trinajstić information content (AvgIpc) is 2.45. The van der Waals surface area contributed by atoms with Crippen LogP contribution in [0.25, 0.3) is 0 Å². The highest BCUT2D eigenvalue weighted by Gasteiger charge is 2.34. The molecule has 0 bridgehead atoms. The van der Waals surface area contributed by atoms with Gasteiger partial charge in [0.2, 0.25) is 10.0 Å². The van der Waals surface area contributed by atoms with E-state index >= 15 is 0 Å². The highest BCUT2D eigenvalue weighted by molar-refractivity contribution is 7.89. The van der Waals surface area contributed by atoms with Crippen LogP contribution in [-0.4, -0.2) is 38.5 Å². The Bertz CT molecular complexity index is 661. The predicted octanol–water partition coefficient (Wildman–Crippen LogP) is 1.38. The first kappa shape index (κ1) is 14.6. The molecule has 0 aromatic heterocycles. The van der Waals surface area contributed by atoms with E-state index in [1.807, 2.05) is 6.07 Å². The lowest BCUT2D eigenvalue weighted by Gasteiger charge is -2.28. The average molecular weight is 296 g/mol. The number of rotatable bonds is 3. The SMILES string of the molecule is CN(C(C)(C)C#N)S(=O)(=O)c1ccc2c(c1)OCCO2. The molecule has 0 aliphatic carbocycles. The summed E-state index contributed by atoms with van der Waals surface area (Å²) in [7, 11) is -2.38. The Labute approximate surface area is 118 Å². The fourth-order valence-corrected chi connectivity index (χ4v) is 3.17. The molecule has 1 aliphatic rings. The van der Waals surface area contributed by atoms with Crippen molar-refractivity contribution >= 4 is 10.0 Å². The van der Waals surface area contributed by atoms with E-state index in [0.29, 0.717) is 24.7 Å². The van der Waals surface area contributed by atoms with Crippen molar-refractivity contribution in [3.63, 3.8) is 0 Å². The maximum Gasteiger partial charge on any atom is 0.244 e. The van der Waals surface area contributed by atoms with Crippen LogP contribution in [0.1, 0.15) is 13.8 Å². The fraction of sp³-hybridized carbons (Fsp3) is 0.462. The number of hydrogen-bond donors (Lipinski definition) is 0. The second kappa shape index (κ2) is 4.96. The summed E-state index contributed by atoms with van der Waals surface area (Å²) < 4.78 is 36.8. The number of hydrogen-bond acceptors (Lipinski definition) is 5. The van der Waals surface area contributed by atoms with Crippen molar-refractivity contribution in [1.29, 1.82) is 5.26 Å². The Hall–Kier alpha value is -1.78. The van der Waals surface area contributed by atoms with Crippen molar-refractivity contribution in [1.82, 2.24) is 4.31 Å². The van der Waals surface area contributed by atoms with Gasteiger partial charge in [0.15, 0.2) is 11.5 Å². The van der Waals surface area contributed by atoms with Crippen LogP contribution in [0.3, 0.4) is 0 Å². The second-order valence-electron chi connectivity index (χ2n) is 4.95. The molecule has 6 nitrogen and oxygen atoms in total. The molecule has 0 unspecified atom stereocenters. The molecular weight excluding hydrogens is 280 g/mol. The molecule has 0 atom stereocenters. The van der Waals surface area contributed by atoms with Crippen molar-refractivity contribution in [3.8, 4) is 17.6 Å². The summed E-state index contributed by atoms with van der Waals surface area (Å²) in [6.07, 6.45) is 0. The van der Waals surface area contributed by atoms with Gasteiger partial charge < -0.3 is 9.47 Å². The molecule has 0 radical (unpaired) electrons. The third-order valence-corrected chi connectivity index (χ3v) is 5.26. The number of nitrogens with zero attached hydrogens (tertiary/aromatic N) is 2. The number of nitriles is 1. The van der Waals surface area contributed by atoms with Crippen molar-refractivity contribution in [3.05, 3.63) is 18.2 Å². The molecule has 108 valence electrons. The molecule has 1 aromatic rings. The van der Waals surface area contributed by atoms with E-state index in [4.69, 9.17) is 14.7 Å². The monoisotopic (exact) mass is 296 g/mol. The van der Waals surface area contributed by atoms with Crippen LogP contribution in [0, 0.1) is 11.3 Å². The van der Waals surface area contributed by atoms with E-state index < -0.39 is 15.6 Å². The molecule has 0 fully saturated rings. The predicted molar refractivity (Wildman–Crippen MR) is 72.1 cm³/mol. The maximum absolute atomic E-state index is 12.5. The van der Waals surface area contributed by atoms with E-state index in [9.17, 15) is 8.42 Å². The smallest absolute Gasteiger partial charge is 0.244 e. The molecule has 0 saturated carbocycles. The van der Waals surface area contributed by atoms with Crippen LogP contribution in [0.2, 0.25) is 0 Å². The minimum absolute atomic E-state index is 0.0765. The van der Waals surface area contributed by atoms with Gasteiger partial charge in [-0.1, -0.05) is 0 Å². The lowest BCUT2D eigenvalue weighted by molar-refractivity contribution is 0.171. The van der Waals surface area contributed by atoms with Gasteiger partial charge in [0.25, 0.3) is 0 Å². The van der Waals surface area contributed by atoms with E-state index in [2.05, 4.69) is 0 Å². The van der Waals surface area contributed by atoms with Crippen LogP contribution in [0.15, 0.2) is 23.1 Å². The lowest BCUT2D eigenvalue weighted by atomic mass is 10.1. The minimum atomic E-state index is -3.77. The van der Waals surface area contributed by atoms with Crippen LogP contribution in [0.4, 0.5) is 0 Å². The molecule has 1 aliphatic heterocycles. The van der Waals surface area contributed by atoms with E-state index in [-0.39, 0.29) is 4.90 Å². The highest BCUT2D eigenvalue weighted by atomic mass is 32.2. The summed E-state index contributed by atoms with van der Waals surface area (Å²) in [5, 5.41) is 9.07. The summed E-state index contributed by atoms with van der Waals surface area (Å²) >= 11 is 0. The number of ether oxygens (including phenoxy) is 2. The third kappa shape index (κ3) is 2.44. The first-order chi connectivity index (χ1) is 9.29. The highest BCUT2D eigenvalue weighted by Crippen LogP contribution is 2.33. The Balaban J connectivity index is 2.43. The zero-order valence-electron chi connectivity index (χ0n) is 11.6. The van der Waals surface area contributed by atoms with Gasteiger partial charge in [-0.15, -0.1) is 0 Å². The zero-order valence-corrected chi connectivity index (χ0v) is 12.4. The van der Waals surface area contributed by atoms with Gasteiger partial charge >= 0.3 is 0 Å². The van der Waals surface area contributed by atoms with Gasteiger partial charge in [-0.2, -0.15) is 9.57 Å². The minimum Gasteiger partial charge on any atom is -0.486 e. The van der Waals surface area contributed by atoms with Gasteiger partial charge in [0, 0.05) is 13.1 Å². The summed E-state index contributed by atoms with van der Waals surface area (Å²) in [5.41, 5.74) is -1.13. The molecule has 7 heteroatoms. The summed E-state index contributed by atoms with van der Waals surface area (Å²) in [5.74, 6) is 0.929. The molecule has 2 rings (SSSR count). The van der Waals surface area contributed by atoms with Crippen molar-refractivity contribution < 1.29 is 17.9 Å². The second-order valence-corrected chi connectivity index (χ2v) is 6.92. The van der Waals surface area contributed by atoms with Gasteiger partial charge in [0.05, 0.1) is 11.0 Å². The normalized spacial score (nSPS) is 14.9. The number of fused-ring (bicyclic) bond motifs is 1. The zero-order chi connectivity index (χ0) is 15.0. The van der Waals surface area contributed by atoms with Crippen LogP contribution >= 0.6 is 0 Å². The van der Waals surface area contributed by atoms with Crippen molar-refractivity contribution in [2.75, 3.05) is 20.3 Å². The van der Waals surface area contributed by atoms with Gasteiger partial charge in [-0.25, -0.2) is 8.42 Å². The summed E-state index contributed by atoms with van der Waals surface area (Å²) in [4.78, 5) is 0.0765. The Kier molecular flexibility index (Phi) is 3.63. The summed E-state index contributed by atoms with van der Waals surface area (Å²) in [6.45, 7) is 3.92. The largest absolute Gasteiger partial charge is 0.486 e. The van der Waals surface area contributed by atoms with Crippen LogP contribution in [-0.2, 0) is 10.0 Å². The number of sulfonamides is 1. The van der Waals surface area contributed by atoms with Crippen molar-refractivity contribution in [2.45, 2.75) is 24.3 Å². The standard InChI is InChI=1S/C13H16N2O4S/c1-13(2,9-14)15(3)20(16,17)10-4-5-11-12(8-10)19-7-6-18-11/h4-5,8H,6-7H2,1-3H3. The Morgan fingerprint density at radius 3 is 2.45 bits per heavy atom. The molecule has 1 aromatic carbocycles. The molecule has 0 saturated heterocycles. The first-order valence-corrected chi connectivity index (χ1v) is 7.53. The summed E-state index contributed by atoms with van der Waals surface area (Å²) in [6, 6.07) is 6.41. The molecule has 0 spiro atoms. The lowest BCUT2D eigenvalue weighted by Crippen LogP contribution is -2.43. The molecular formula is C13H16N2O4S. The Morgan fingerprint density at radius 1 is 1.25 bits per heavy atom. The molecule has 20 heavy (non-hydrogen) atoms. The first-order valence-electron chi connectivity index (χ1n) is 6.09. The maximum atomic E-state index is 12.5. The Morgan fingerprint density at radius 2 is 1.85 bits per heavy atom. The topological polar surface area (TPSA) is 79.6 Å². The van der Waals surface area contributed by atoms with Gasteiger partial charge in [-0.05, 0) is 26.0 Å². The van der Waals surface area contributed by atoms with Gasteiger partial charge in [-0.3, -0.25) is 0 Å². The van der Waals surface area contributed by atoms with Crippen LogP contribution < -0.4 is 9.47 Å². The quantitative estimate of drug-likeness (QED) is 0.842. The fourth-order valence-electron chi connectivity index (χ4n) is 1.71. The van der Waals surface area contributed by atoms with E-state index in [1.165, 1.54) is 19.2 Å².